The predicted molar refractivity (Wildman–Crippen MR) is 131 cm³/mol. The highest BCUT2D eigenvalue weighted by molar-refractivity contribution is 5.99. The van der Waals surface area contributed by atoms with E-state index in [9.17, 15) is 14.0 Å². The number of anilines is 2. The van der Waals surface area contributed by atoms with Crippen molar-refractivity contribution < 1.29 is 18.7 Å². The van der Waals surface area contributed by atoms with Gasteiger partial charge in [-0.2, -0.15) is 0 Å². The molecule has 1 aliphatic carbocycles. The van der Waals surface area contributed by atoms with Crippen LogP contribution in [0, 0.1) is 24.6 Å². The number of halogens is 1. The summed E-state index contributed by atoms with van der Waals surface area (Å²) < 4.78 is 18.7. The number of fused-ring (bicyclic) bond motifs is 1. The van der Waals surface area contributed by atoms with Crippen LogP contribution in [0.2, 0.25) is 0 Å². The zero-order valence-electron chi connectivity index (χ0n) is 19.7. The molecule has 6 nitrogen and oxygen atoms in total. The molecule has 1 atom stereocenters. The number of nitrogens with zero attached hydrogens (tertiary/aromatic N) is 1. The number of nitrogens with two attached hydrogens (primary N) is 1. The maximum absolute atomic E-state index is 13.9. The molecule has 1 amide bonds. The number of rotatable bonds is 5. The van der Waals surface area contributed by atoms with E-state index in [1.807, 2.05) is 13.0 Å². The first-order valence-electron chi connectivity index (χ1n) is 11.6. The van der Waals surface area contributed by atoms with E-state index in [0.29, 0.717) is 28.4 Å². The SMILES string of the molecule is COC(=O)c1cc(C)c(N)c(NC(=O)[C@H](C)C2CCC(c3ccnc4ccc(F)cc34)CC2)c1. The third-order valence-corrected chi connectivity index (χ3v) is 7.14. The smallest absolute Gasteiger partial charge is 0.337 e. The van der Waals surface area contributed by atoms with Crippen LogP contribution in [0.15, 0.2) is 42.6 Å². The molecule has 0 unspecified atom stereocenters. The summed E-state index contributed by atoms with van der Waals surface area (Å²) in [5.74, 6) is -0.525. The highest BCUT2D eigenvalue weighted by Crippen LogP contribution is 2.41. The number of benzene rings is 2. The van der Waals surface area contributed by atoms with Crippen molar-refractivity contribution >= 4 is 34.2 Å². The highest BCUT2D eigenvalue weighted by Gasteiger charge is 2.30. The van der Waals surface area contributed by atoms with Gasteiger partial charge in [-0.25, -0.2) is 9.18 Å². The number of esters is 1. The minimum absolute atomic E-state index is 0.118. The Kier molecular flexibility index (Phi) is 6.82. The molecule has 4 rings (SSSR count). The average molecular weight is 464 g/mol. The monoisotopic (exact) mass is 463 g/mol. The molecule has 0 spiro atoms. The van der Waals surface area contributed by atoms with Crippen molar-refractivity contribution in [2.45, 2.75) is 45.4 Å². The molecular weight excluding hydrogens is 433 g/mol. The molecule has 34 heavy (non-hydrogen) atoms. The molecule has 2 aromatic carbocycles. The normalized spacial score (nSPS) is 18.9. The summed E-state index contributed by atoms with van der Waals surface area (Å²) in [4.78, 5) is 29.4. The minimum Gasteiger partial charge on any atom is -0.465 e. The number of methoxy groups -OCH3 is 1. The van der Waals surface area contributed by atoms with Crippen LogP contribution < -0.4 is 11.1 Å². The molecule has 1 heterocycles. The summed E-state index contributed by atoms with van der Waals surface area (Å²) >= 11 is 0. The number of carbonyl (C=O) groups excluding carboxylic acids is 2. The minimum atomic E-state index is -0.478. The van der Waals surface area contributed by atoms with E-state index in [0.717, 1.165) is 42.1 Å². The van der Waals surface area contributed by atoms with Gasteiger partial charge in [0.2, 0.25) is 5.91 Å². The summed E-state index contributed by atoms with van der Waals surface area (Å²) in [5, 5.41) is 3.79. The standard InChI is InChI=1S/C27H30FN3O3/c1-15-12-19(27(33)34-3)13-24(25(15)29)31-26(32)16(2)17-4-6-18(7-5-17)21-10-11-30-23-9-8-20(28)14-22(21)23/h8-14,16-18H,4-7,29H2,1-3H3,(H,31,32)/t16-,17?,18?/m1/s1. The maximum Gasteiger partial charge on any atom is 0.337 e. The van der Waals surface area contributed by atoms with Crippen LogP contribution in [0.5, 0.6) is 0 Å². The first-order valence-corrected chi connectivity index (χ1v) is 11.6. The Morgan fingerprint density at radius 3 is 2.59 bits per heavy atom. The number of hydrogen-bond donors (Lipinski definition) is 2. The van der Waals surface area contributed by atoms with Gasteiger partial charge in [-0.05, 0) is 92.0 Å². The summed E-state index contributed by atoms with van der Waals surface area (Å²) in [5.41, 5.74) is 10.0. The number of aryl methyl sites for hydroxylation is 1. The first-order chi connectivity index (χ1) is 16.3. The zero-order valence-corrected chi connectivity index (χ0v) is 19.7. The fraction of sp³-hybridized carbons (Fsp3) is 0.370. The molecule has 1 saturated carbocycles. The van der Waals surface area contributed by atoms with E-state index < -0.39 is 5.97 Å². The second kappa shape index (κ2) is 9.79. The third-order valence-electron chi connectivity index (χ3n) is 7.14. The van der Waals surface area contributed by atoms with E-state index in [2.05, 4.69) is 10.3 Å². The highest BCUT2D eigenvalue weighted by atomic mass is 19.1. The molecule has 3 aromatic rings. The van der Waals surface area contributed by atoms with Crippen LogP contribution in [0.3, 0.4) is 0 Å². The Hall–Kier alpha value is -3.48. The van der Waals surface area contributed by atoms with Gasteiger partial charge in [-0.3, -0.25) is 9.78 Å². The average Bonchev–Trinajstić information content (AvgIpc) is 2.85. The van der Waals surface area contributed by atoms with Crippen LogP contribution in [0.25, 0.3) is 10.9 Å². The fourth-order valence-electron chi connectivity index (χ4n) is 5.02. The van der Waals surface area contributed by atoms with Crippen molar-refractivity contribution in [2.75, 3.05) is 18.2 Å². The van der Waals surface area contributed by atoms with Gasteiger partial charge in [-0.15, -0.1) is 0 Å². The topological polar surface area (TPSA) is 94.3 Å². The first kappa shape index (κ1) is 23.7. The Labute approximate surface area is 198 Å². The number of pyridine rings is 1. The van der Waals surface area contributed by atoms with Crippen LogP contribution in [-0.2, 0) is 9.53 Å². The molecule has 1 aliphatic rings. The van der Waals surface area contributed by atoms with Gasteiger partial charge >= 0.3 is 5.97 Å². The van der Waals surface area contributed by atoms with Crippen molar-refractivity contribution in [3.05, 3.63) is 65.1 Å². The van der Waals surface area contributed by atoms with E-state index in [-0.39, 0.29) is 23.6 Å². The number of nitrogens with one attached hydrogen (secondary N) is 1. The zero-order chi connectivity index (χ0) is 24.4. The molecule has 0 aliphatic heterocycles. The van der Waals surface area contributed by atoms with Crippen molar-refractivity contribution in [3.8, 4) is 0 Å². The fourth-order valence-corrected chi connectivity index (χ4v) is 5.02. The molecule has 0 radical (unpaired) electrons. The lowest BCUT2D eigenvalue weighted by Crippen LogP contribution is -2.30. The van der Waals surface area contributed by atoms with Gasteiger partial charge < -0.3 is 15.8 Å². The molecule has 0 bridgehead atoms. The van der Waals surface area contributed by atoms with Crippen molar-refractivity contribution in [3.63, 3.8) is 0 Å². The maximum atomic E-state index is 13.9. The number of amides is 1. The molecular formula is C27H30FN3O3. The lowest BCUT2D eigenvalue weighted by molar-refractivity contribution is -0.121. The number of ether oxygens (including phenoxy) is 1. The van der Waals surface area contributed by atoms with E-state index in [1.54, 1.807) is 37.4 Å². The summed E-state index contributed by atoms with van der Waals surface area (Å²) in [6, 6.07) is 9.91. The number of aromatic nitrogens is 1. The number of nitrogen functional groups attached to an aromatic ring is 1. The summed E-state index contributed by atoms with van der Waals surface area (Å²) in [7, 11) is 1.32. The largest absolute Gasteiger partial charge is 0.465 e. The van der Waals surface area contributed by atoms with Gasteiger partial charge in [-0.1, -0.05) is 6.92 Å². The van der Waals surface area contributed by atoms with Gasteiger partial charge in [0.1, 0.15) is 5.82 Å². The molecule has 1 fully saturated rings. The van der Waals surface area contributed by atoms with Crippen LogP contribution in [0.4, 0.5) is 15.8 Å². The summed E-state index contributed by atoms with van der Waals surface area (Å²) in [6.45, 7) is 3.72. The Morgan fingerprint density at radius 2 is 1.88 bits per heavy atom. The van der Waals surface area contributed by atoms with E-state index >= 15 is 0 Å². The number of hydrogen-bond acceptors (Lipinski definition) is 5. The van der Waals surface area contributed by atoms with E-state index in [4.69, 9.17) is 10.5 Å². The second-order valence-corrected chi connectivity index (χ2v) is 9.20. The van der Waals surface area contributed by atoms with Crippen molar-refractivity contribution in [2.24, 2.45) is 11.8 Å². The van der Waals surface area contributed by atoms with E-state index in [1.165, 1.54) is 13.2 Å². The Balaban J connectivity index is 1.44. The Morgan fingerprint density at radius 1 is 1.15 bits per heavy atom. The molecule has 178 valence electrons. The van der Waals surface area contributed by atoms with Gasteiger partial charge in [0, 0.05) is 17.5 Å². The van der Waals surface area contributed by atoms with Crippen LogP contribution in [-0.4, -0.2) is 24.0 Å². The van der Waals surface area contributed by atoms with Gasteiger partial charge in [0.25, 0.3) is 0 Å². The Bertz CT molecular complexity index is 1240. The lowest BCUT2D eigenvalue weighted by atomic mass is 9.73. The predicted octanol–water partition coefficient (Wildman–Crippen LogP) is 5.60. The molecule has 7 heteroatoms. The second-order valence-electron chi connectivity index (χ2n) is 9.20. The van der Waals surface area contributed by atoms with Crippen molar-refractivity contribution in [1.29, 1.82) is 0 Å². The number of carbonyl (C=O) groups is 2. The third kappa shape index (κ3) is 4.74. The molecule has 3 N–H and O–H groups in total. The van der Waals surface area contributed by atoms with Crippen LogP contribution >= 0.6 is 0 Å². The van der Waals surface area contributed by atoms with Gasteiger partial charge in [0.15, 0.2) is 0 Å². The quantitative estimate of drug-likeness (QED) is 0.379. The molecule has 1 aromatic heterocycles. The van der Waals surface area contributed by atoms with Crippen LogP contribution in [0.1, 0.15) is 60.0 Å². The summed E-state index contributed by atoms with van der Waals surface area (Å²) in [6.07, 6.45) is 5.44. The lowest BCUT2D eigenvalue weighted by Gasteiger charge is -2.32. The molecule has 0 saturated heterocycles. The van der Waals surface area contributed by atoms with Crippen molar-refractivity contribution in [1.82, 2.24) is 4.98 Å². The van der Waals surface area contributed by atoms with Gasteiger partial charge in [0.05, 0.1) is 29.6 Å².